The number of para-hydroxylation sites is 1. The summed E-state index contributed by atoms with van der Waals surface area (Å²) in [6.07, 6.45) is 3.13. The predicted octanol–water partition coefficient (Wildman–Crippen LogP) is 3.90. The van der Waals surface area contributed by atoms with Crippen LogP contribution >= 0.6 is 11.3 Å². The number of benzene rings is 1. The van der Waals surface area contributed by atoms with Crippen molar-refractivity contribution in [1.82, 2.24) is 4.90 Å². The highest BCUT2D eigenvalue weighted by molar-refractivity contribution is 7.09. The molecule has 4 nitrogen and oxygen atoms in total. The van der Waals surface area contributed by atoms with Crippen molar-refractivity contribution in [3.63, 3.8) is 0 Å². The summed E-state index contributed by atoms with van der Waals surface area (Å²) in [6, 6.07) is 12.0. The summed E-state index contributed by atoms with van der Waals surface area (Å²) in [5.41, 5.74) is 1.12. The fourth-order valence-corrected chi connectivity index (χ4v) is 3.77. The van der Waals surface area contributed by atoms with E-state index in [0.717, 1.165) is 37.2 Å². The highest BCUT2D eigenvalue weighted by atomic mass is 32.1. The average Bonchev–Trinajstić information content (AvgIpc) is 3.33. The number of hydrogen-bond acceptors (Lipinski definition) is 4. The Morgan fingerprint density at radius 1 is 1.32 bits per heavy atom. The van der Waals surface area contributed by atoms with Gasteiger partial charge in [0.2, 0.25) is 0 Å². The van der Waals surface area contributed by atoms with Gasteiger partial charge in [-0.3, -0.25) is 4.79 Å². The quantitative estimate of drug-likeness (QED) is 0.718. The normalized spacial score (nSPS) is 16.8. The molecule has 1 fully saturated rings. The van der Waals surface area contributed by atoms with Crippen molar-refractivity contribution in [3.05, 3.63) is 52.2 Å². The second-order valence-corrected chi connectivity index (χ2v) is 7.27. The van der Waals surface area contributed by atoms with E-state index in [1.54, 1.807) is 11.3 Å². The molecular weight excluding hydrogens is 334 g/mol. The van der Waals surface area contributed by atoms with Crippen LogP contribution in [0.3, 0.4) is 0 Å². The van der Waals surface area contributed by atoms with Gasteiger partial charge in [0.15, 0.2) is 6.61 Å². The van der Waals surface area contributed by atoms with E-state index < -0.39 is 0 Å². The van der Waals surface area contributed by atoms with Crippen LogP contribution in [0.1, 0.15) is 30.2 Å². The first-order valence-corrected chi connectivity index (χ1v) is 9.76. The molecule has 25 heavy (non-hydrogen) atoms. The Balaban J connectivity index is 1.63. The summed E-state index contributed by atoms with van der Waals surface area (Å²) in [6.45, 7) is 4.20. The van der Waals surface area contributed by atoms with Gasteiger partial charge in [0.25, 0.3) is 5.91 Å². The van der Waals surface area contributed by atoms with Gasteiger partial charge in [0, 0.05) is 18.0 Å². The van der Waals surface area contributed by atoms with Crippen LogP contribution in [0.4, 0.5) is 0 Å². The Morgan fingerprint density at radius 2 is 2.20 bits per heavy atom. The van der Waals surface area contributed by atoms with Gasteiger partial charge >= 0.3 is 0 Å². The largest absolute Gasteiger partial charge is 0.483 e. The number of thiophene rings is 1. The van der Waals surface area contributed by atoms with Crippen LogP contribution in [-0.2, 0) is 22.5 Å². The molecular formula is C20H25NO3S. The summed E-state index contributed by atoms with van der Waals surface area (Å²) in [5, 5.41) is 2.04. The molecule has 1 atom stereocenters. The van der Waals surface area contributed by atoms with Crippen LogP contribution in [0, 0.1) is 0 Å². The second-order valence-electron chi connectivity index (χ2n) is 6.24. The highest BCUT2D eigenvalue weighted by Crippen LogP contribution is 2.20. The van der Waals surface area contributed by atoms with Crippen molar-refractivity contribution in [1.29, 1.82) is 0 Å². The van der Waals surface area contributed by atoms with Gasteiger partial charge in [0.1, 0.15) is 5.75 Å². The van der Waals surface area contributed by atoms with Crippen LogP contribution in [0.15, 0.2) is 41.8 Å². The maximum Gasteiger partial charge on any atom is 0.260 e. The number of hydrogen-bond donors (Lipinski definition) is 0. The Kier molecular flexibility index (Phi) is 6.48. The van der Waals surface area contributed by atoms with E-state index in [1.165, 1.54) is 4.88 Å². The van der Waals surface area contributed by atoms with Crippen molar-refractivity contribution in [2.75, 3.05) is 19.8 Å². The topological polar surface area (TPSA) is 38.8 Å². The number of aryl methyl sites for hydroxylation is 1. The van der Waals surface area contributed by atoms with Crippen molar-refractivity contribution in [2.24, 2.45) is 0 Å². The summed E-state index contributed by atoms with van der Waals surface area (Å²) < 4.78 is 11.5. The minimum Gasteiger partial charge on any atom is -0.483 e. The maximum atomic E-state index is 12.8. The third kappa shape index (κ3) is 5.06. The number of ether oxygens (including phenoxy) is 2. The molecule has 0 spiro atoms. The van der Waals surface area contributed by atoms with E-state index in [4.69, 9.17) is 9.47 Å². The summed E-state index contributed by atoms with van der Waals surface area (Å²) in [5.74, 6) is 0.807. The molecule has 0 bridgehead atoms. The van der Waals surface area contributed by atoms with Crippen molar-refractivity contribution in [2.45, 2.75) is 38.8 Å². The molecule has 1 unspecified atom stereocenters. The third-order valence-electron chi connectivity index (χ3n) is 4.43. The minimum absolute atomic E-state index is 0.00908. The van der Waals surface area contributed by atoms with Crippen molar-refractivity contribution >= 4 is 17.2 Å². The first-order chi connectivity index (χ1) is 12.3. The zero-order chi connectivity index (χ0) is 17.5. The molecule has 0 radical (unpaired) electrons. The molecule has 1 aromatic carbocycles. The minimum atomic E-state index is 0.00908. The lowest BCUT2D eigenvalue weighted by molar-refractivity contribution is -0.135. The molecule has 0 saturated carbocycles. The van der Waals surface area contributed by atoms with Crippen molar-refractivity contribution < 1.29 is 14.3 Å². The van der Waals surface area contributed by atoms with Gasteiger partial charge < -0.3 is 14.4 Å². The first kappa shape index (κ1) is 18.0. The molecule has 134 valence electrons. The van der Waals surface area contributed by atoms with E-state index in [2.05, 4.69) is 13.0 Å². The SMILES string of the molecule is CCc1ccccc1OCC(=O)N(Cc1cccs1)CC1CCCO1. The highest BCUT2D eigenvalue weighted by Gasteiger charge is 2.23. The molecule has 1 saturated heterocycles. The van der Waals surface area contributed by atoms with Crippen LogP contribution in [0.5, 0.6) is 5.75 Å². The number of rotatable bonds is 8. The van der Waals surface area contributed by atoms with Crippen LogP contribution < -0.4 is 4.74 Å². The fraction of sp³-hybridized carbons (Fsp3) is 0.450. The first-order valence-electron chi connectivity index (χ1n) is 8.88. The molecule has 1 amide bonds. The lowest BCUT2D eigenvalue weighted by Crippen LogP contribution is -2.39. The van der Waals surface area contributed by atoms with E-state index in [1.807, 2.05) is 40.6 Å². The average molecular weight is 359 g/mol. The van der Waals surface area contributed by atoms with Gasteiger partial charge in [-0.2, -0.15) is 0 Å². The standard InChI is InChI=1S/C20H25NO3S/c1-2-16-7-3-4-10-19(16)24-15-20(22)21(13-17-8-5-11-23-17)14-18-9-6-12-25-18/h3-4,6-7,9-10,12,17H,2,5,8,11,13-15H2,1H3. The lowest BCUT2D eigenvalue weighted by Gasteiger charge is -2.25. The maximum absolute atomic E-state index is 12.8. The Morgan fingerprint density at radius 3 is 2.92 bits per heavy atom. The Labute approximate surface area is 153 Å². The monoisotopic (exact) mass is 359 g/mol. The number of amides is 1. The third-order valence-corrected chi connectivity index (χ3v) is 5.29. The summed E-state index contributed by atoms with van der Waals surface area (Å²) >= 11 is 1.67. The van der Waals surface area contributed by atoms with Gasteiger partial charge in [-0.25, -0.2) is 0 Å². The lowest BCUT2D eigenvalue weighted by atomic mass is 10.1. The smallest absolute Gasteiger partial charge is 0.260 e. The van der Waals surface area contributed by atoms with Gasteiger partial charge in [-0.05, 0) is 42.3 Å². The van der Waals surface area contributed by atoms with Gasteiger partial charge in [0.05, 0.1) is 12.6 Å². The van der Waals surface area contributed by atoms with Crippen LogP contribution in [-0.4, -0.2) is 36.7 Å². The van der Waals surface area contributed by atoms with E-state index in [9.17, 15) is 4.79 Å². The Bertz CT molecular complexity index is 665. The molecule has 5 heteroatoms. The molecule has 1 aliphatic heterocycles. The van der Waals surface area contributed by atoms with Crippen LogP contribution in [0.2, 0.25) is 0 Å². The zero-order valence-electron chi connectivity index (χ0n) is 14.6. The van der Waals surface area contributed by atoms with Gasteiger partial charge in [-0.1, -0.05) is 31.2 Å². The fourth-order valence-electron chi connectivity index (χ4n) is 3.05. The number of carbonyl (C=O) groups excluding carboxylic acids is 1. The van der Waals surface area contributed by atoms with Gasteiger partial charge in [-0.15, -0.1) is 11.3 Å². The molecule has 3 rings (SSSR count). The zero-order valence-corrected chi connectivity index (χ0v) is 15.5. The molecule has 0 N–H and O–H groups in total. The van der Waals surface area contributed by atoms with Crippen molar-refractivity contribution in [3.8, 4) is 5.75 Å². The van der Waals surface area contributed by atoms with E-state index >= 15 is 0 Å². The molecule has 2 aromatic rings. The Hall–Kier alpha value is -1.85. The number of nitrogens with zero attached hydrogens (tertiary/aromatic N) is 1. The number of carbonyl (C=O) groups is 1. The van der Waals surface area contributed by atoms with E-state index in [0.29, 0.717) is 13.1 Å². The summed E-state index contributed by atoms with van der Waals surface area (Å²) in [4.78, 5) is 15.8. The second kappa shape index (κ2) is 9.02. The molecule has 1 aromatic heterocycles. The summed E-state index contributed by atoms with van der Waals surface area (Å²) in [7, 11) is 0. The molecule has 2 heterocycles. The van der Waals surface area contributed by atoms with Crippen LogP contribution in [0.25, 0.3) is 0 Å². The molecule has 0 aliphatic carbocycles. The predicted molar refractivity (Wildman–Crippen MR) is 100 cm³/mol. The van der Waals surface area contributed by atoms with E-state index in [-0.39, 0.29) is 18.6 Å². The molecule has 1 aliphatic rings.